The topological polar surface area (TPSA) is 29.9 Å². The Morgan fingerprint density at radius 1 is 1.09 bits per heavy atom. The Morgan fingerprint density at radius 2 is 1.87 bits per heavy atom. The molecule has 0 aliphatic carbocycles. The van der Waals surface area contributed by atoms with Gasteiger partial charge in [-0.05, 0) is 36.4 Å². The molecule has 23 heavy (non-hydrogen) atoms. The fourth-order valence-corrected chi connectivity index (χ4v) is 2.59. The van der Waals surface area contributed by atoms with E-state index in [2.05, 4.69) is 33.2 Å². The molecular formula is C19H22FN3. The van der Waals surface area contributed by atoms with Crippen molar-refractivity contribution in [1.82, 2.24) is 14.9 Å². The van der Waals surface area contributed by atoms with Crippen LogP contribution in [0, 0.1) is 5.95 Å². The maximum absolute atomic E-state index is 14.0. The summed E-state index contributed by atoms with van der Waals surface area (Å²) < 4.78 is 16.1. The molecule has 1 N–H and O–H groups in total. The van der Waals surface area contributed by atoms with Gasteiger partial charge in [-0.15, -0.1) is 0 Å². The average molecular weight is 311 g/mol. The van der Waals surface area contributed by atoms with Gasteiger partial charge in [0.1, 0.15) is 0 Å². The third-order valence-corrected chi connectivity index (χ3v) is 3.56. The summed E-state index contributed by atoms with van der Waals surface area (Å²) in [6.45, 7) is 1.45. The minimum absolute atomic E-state index is 0. The third kappa shape index (κ3) is 3.85. The molecule has 3 rings (SSSR count). The highest BCUT2D eigenvalue weighted by molar-refractivity contribution is 5.61. The molecule has 0 atom stereocenters. The predicted molar refractivity (Wildman–Crippen MR) is 92.7 cm³/mol. The number of aromatic nitrogens is 2. The maximum Gasteiger partial charge on any atom is 0.222 e. The van der Waals surface area contributed by atoms with Crippen LogP contribution >= 0.6 is 0 Å². The van der Waals surface area contributed by atoms with Crippen molar-refractivity contribution in [3.63, 3.8) is 0 Å². The van der Waals surface area contributed by atoms with Gasteiger partial charge in [0.2, 0.25) is 5.95 Å². The van der Waals surface area contributed by atoms with E-state index in [9.17, 15) is 4.39 Å². The van der Waals surface area contributed by atoms with Crippen LogP contribution in [0.2, 0.25) is 0 Å². The normalized spacial score (nSPS) is 10.3. The van der Waals surface area contributed by atoms with Crippen molar-refractivity contribution in [2.75, 3.05) is 7.05 Å². The Bertz CT molecular complexity index is 750. The summed E-state index contributed by atoms with van der Waals surface area (Å²) in [6, 6.07) is 15.7. The third-order valence-electron chi connectivity index (χ3n) is 3.56. The lowest BCUT2D eigenvalue weighted by molar-refractivity contribution is 0.585. The van der Waals surface area contributed by atoms with Crippen LogP contribution in [0.5, 0.6) is 0 Å². The Hall–Kier alpha value is -2.46. The van der Waals surface area contributed by atoms with E-state index < -0.39 is 5.95 Å². The zero-order chi connectivity index (χ0) is 15.4. The second-order valence-corrected chi connectivity index (χ2v) is 5.22. The highest BCUT2D eigenvalue weighted by Gasteiger charge is 2.12. The van der Waals surface area contributed by atoms with E-state index in [1.54, 1.807) is 12.1 Å². The molecule has 120 valence electrons. The second-order valence-electron chi connectivity index (χ2n) is 5.22. The molecule has 2 heterocycles. The molecule has 0 fully saturated rings. The summed E-state index contributed by atoms with van der Waals surface area (Å²) in [6.07, 6.45) is 3.53. The first-order chi connectivity index (χ1) is 10.8. The molecule has 0 radical (unpaired) electrons. The number of rotatable bonds is 5. The van der Waals surface area contributed by atoms with Gasteiger partial charge < -0.3 is 9.88 Å². The van der Waals surface area contributed by atoms with E-state index in [1.165, 1.54) is 11.8 Å². The Balaban J connectivity index is 0.00000192. The predicted octanol–water partition coefficient (Wildman–Crippen LogP) is 4.09. The minimum Gasteiger partial charge on any atom is -0.343 e. The quantitative estimate of drug-likeness (QED) is 0.719. The molecule has 0 unspecified atom stereocenters. The largest absolute Gasteiger partial charge is 0.343 e. The van der Waals surface area contributed by atoms with E-state index in [0.717, 1.165) is 17.8 Å². The van der Waals surface area contributed by atoms with Crippen LogP contribution in [0.4, 0.5) is 4.39 Å². The zero-order valence-electron chi connectivity index (χ0n) is 12.5. The monoisotopic (exact) mass is 311 g/mol. The van der Waals surface area contributed by atoms with Gasteiger partial charge in [-0.25, -0.2) is 4.98 Å². The number of nitrogens with one attached hydrogen (secondary N) is 1. The van der Waals surface area contributed by atoms with Gasteiger partial charge >= 0.3 is 0 Å². The van der Waals surface area contributed by atoms with Crippen LogP contribution in [0.1, 0.15) is 18.6 Å². The lowest BCUT2D eigenvalue weighted by Gasteiger charge is -2.09. The number of hydrogen-bond acceptors (Lipinski definition) is 2. The van der Waals surface area contributed by atoms with Crippen molar-refractivity contribution in [3.05, 3.63) is 78.0 Å². The molecular weight excluding hydrogens is 289 g/mol. The first-order valence-electron chi connectivity index (χ1n) is 7.26. The minimum atomic E-state index is -0.439. The molecule has 1 aromatic carbocycles. The average Bonchev–Trinajstić information content (AvgIpc) is 2.91. The van der Waals surface area contributed by atoms with Crippen molar-refractivity contribution in [3.8, 4) is 11.3 Å². The van der Waals surface area contributed by atoms with Gasteiger partial charge in [0, 0.05) is 25.5 Å². The van der Waals surface area contributed by atoms with Crippen LogP contribution in [-0.2, 0) is 13.1 Å². The summed E-state index contributed by atoms with van der Waals surface area (Å²) in [5.41, 5.74) is 3.68. The highest BCUT2D eigenvalue weighted by Crippen LogP contribution is 2.25. The van der Waals surface area contributed by atoms with Gasteiger partial charge in [0.05, 0.1) is 11.3 Å². The standard InChI is InChI=1S/C18H18FN3.CH4/c1-20-11-15-10-17(16-8-5-9-21-18(16)19)22(13-15)12-14-6-3-2-4-7-14;/h2-10,13,20H,11-12H2,1H3;1H4. The molecule has 0 aliphatic rings. The molecule has 2 aromatic heterocycles. The van der Waals surface area contributed by atoms with Gasteiger partial charge in [0.15, 0.2) is 0 Å². The van der Waals surface area contributed by atoms with Crippen LogP contribution in [0.25, 0.3) is 11.3 Å². The van der Waals surface area contributed by atoms with Crippen LogP contribution in [-0.4, -0.2) is 16.6 Å². The fourth-order valence-electron chi connectivity index (χ4n) is 2.59. The van der Waals surface area contributed by atoms with E-state index >= 15 is 0 Å². The summed E-state index contributed by atoms with van der Waals surface area (Å²) in [5.74, 6) is -0.439. The van der Waals surface area contributed by atoms with Gasteiger partial charge in [0.25, 0.3) is 0 Å². The first-order valence-corrected chi connectivity index (χ1v) is 7.26. The van der Waals surface area contributed by atoms with Crippen molar-refractivity contribution in [2.24, 2.45) is 0 Å². The number of hydrogen-bond donors (Lipinski definition) is 1. The Morgan fingerprint density at radius 3 is 2.57 bits per heavy atom. The van der Waals surface area contributed by atoms with E-state index in [-0.39, 0.29) is 7.43 Å². The number of pyridine rings is 1. The van der Waals surface area contributed by atoms with Crippen molar-refractivity contribution in [1.29, 1.82) is 0 Å². The van der Waals surface area contributed by atoms with E-state index in [1.807, 2.05) is 31.3 Å². The summed E-state index contributed by atoms with van der Waals surface area (Å²) in [4.78, 5) is 3.76. The molecule has 0 saturated heterocycles. The molecule has 3 aromatic rings. The molecule has 0 aliphatic heterocycles. The van der Waals surface area contributed by atoms with Crippen molar-refractivity contribution < 1.29 is 4.39 Å². The van der Waals surface area contributed by atoms with Crippen molar-refractivity contribution >= 4 is 0 Å². The summed E-state index contributed by atoms with van der Waals surface area (Å²) in [5, 5.41) is 3.13. The van der Waals surface area contributed by atoms with Crippen molar-refractivity contribution in [2.45, 2.75) is 20.5 Å². The summed E-state index contributed by atoms with van der Waals surface area (Å²) >= 11 is 0. The molecule has 4 heteroatoms. The summed E-state index contributed by atoms with van der Waals surface area (Å²) in [7, 11) is 1.90. The lowest BCUT2D eigenvalue weighted by Crippen LogP contribution is -2.04. The van der Waals surface area contributed by atoms with E-state index in [4.69, 9.17) is 0 Å². The molecule has 0 spiro atoms. The van der Waals surface area contributed by atoms with Crippen LogP contribution in [0.15, 0.2) is 60.9 Å². The number of nitrogens with zero attached hydrogens (tertiary/aromatic N) is 2. The van der Waals surface area contributed by atoms with Gasteiger partial charge in [-0.3, -0.25) is 0 Å². The molecule has 3 nitrogen and oxygen atoms in total. The number of benzene rings is 1. The lowest BCUT2D eigenvalue weighted by atomic mass is 10.1. The van der Waals surface area contributed by atoms with Gasteiger partial charge in [-0.1, -0.05) is 37.8 Å². The van der Waals surface area contributed by atoms with Crippen LogP contribution < -0.4 is 5.32 Å². The number of halogens is 1. The molecule has 0 amide bonds. The van der Waals surface area contributed by atoms with E-state index in [0.29, 0.717) is 12.1 Å². The maximum atomic E-state index is 14.0. The smallest absolute Gasteiger partial charge is 0.222 e. The van der Waals surface area contributed by atoms with Gasteiger partial charge in [-0.2, -0.15) is 4.39 Å². The molecule has 0 saturated carbocycles. The highest BCUT2D eigenvalue weighted by atomic mass is 19.1. The zero-order valence-corrected chi connectivity index (χ0v) is 12.5. The fraction of sp³-hybridized carbons (Fsp3) is 0.211. The van der Waals surface area contributed by atoms with Crippen LogP contribution in [0.3, 0.4) is 0 Å². The Labute approximate surface area is 136 Å². The first kappa shape index (κ1) is 16.9. The SMILES string of the molecule is C.CNCc1cc(-c2cccnc2F)n(Cc2ccccc2)c1. The Kier molecular flexibility index (Phi) is 5.66. The second kappa shape index (κ2) is 7.70. The molecule has 0 bridgehead atoms.